The Morgan fingerprint density at radius 1 is 1.50 bits per heavy atom. The zero-order valence-electron chi connectivity index (χ0n) is 7.87. The molecule has 0 amide bonds. The topological polar surface area (TPSA) is 38.0 Å². The predicted molar refractivity (Wildman–Crippen MR) is 51.3 cm³/mol. The highest BCUT2D eigenvalue weighted by Crippen LogP contribution is 2.17. The van der Waals surface area contributed by atoms with Crippen molar-refractivity contribution in [1.82, 2.24) is 9.55 Å². The van der Waals surface area contributed by atoms with Crippen molar-refractivity contribution in [2.45, 2.75) is 20.1 Å². The molecule has 1 aromatic heterocycles. The Morgan fingerprint density at radius 3 is 2.93 bits per heavy atom. The van der Waals surface area contributed by atoms with Gasteiger partial charge in [0.15, 0.2) is 0 Å². The van der Waals surface area contributed by atoms with Gasteiger partial charge >= 0.3 is 0 Å². The van der Waals surface area contributed by atoms with Gasteiger partial charge in [-0.3, -0.25) is 0 Å². The lowest BCUT2D eigenvalue weighted by atomic mass is 10.3. The zero-order chi connectivity index (χ0) is 10.1. The summed E-state index contributed by atoms with van der Waals surface area (Å²) in [5.74, 6) is 0.296. The first kappa shape index (κ1) is 9.15. The van der Waals surface area contributed by atoms with Gasteiger partial charge in [0.25, 0.3) is 0 Å². The Balaban J connectivity index is 2.74. The van der Waals surface area contributed by atoms with E-state index >= 15 is 0 Å². The summed E-state index contributed by atoms with van der Waals surface area (Å²) >= 11 is 0. The third kappa shape index (κ3) is 1.28. The summed E-state index contributed by atoms with van der Waals surface area (Å²) in [6, 6.07) is 4.43. The summed E-state index contributed by atoms with van der Waals surface area (Å²) in [5.41, 5.74) is 1.45. The number of halogens is 1. The number of aliphatic hydroxyl groups is 1. The summed E-state index contributed by atoms with van der Waals surface area (Å²) in [7, 11) is 0. The SMILES string of the molecule is CCn1c(CO)nc2ccc(F)cc21. The lowest BCUT2D eigenvalue weighted by Crippen LogP contribution is -2.01. The largest absolute Gasteiger partial charge is 0.388 e. The smallest absolute Gasteiger partial charge is 0.135 e. The van der Waals surface area contributed by atoms with E-state index in [1.54, 1.807) is 10.6 Å². The van der Waals surface area contributed by atoms with Crippen molar-refractivity contribution < 1.29 is 9.50 Å². The van der Waals surface area contributed by atoms with Crippen LogP contribution in [0.4, 0.5) is 4.39 Å². The highest BCUT2D eigenvalue weighted by Gasteiger charge is 2.08. The molecule has 74 valence electrons. The van der Waals surface area contributed by atoms with Gasteiger partial charge in [-0.15, -0.1) is 0 Å². The van der Waals surface area contributed by atoms with Crippen LogP contribution in [0, 0.1) is 5.82 Å². The second-order valence-electron chi connectivity index (χ2n) is 3.06. The molecule has 0 atom stereocenters. The van der Waals surface area contributed by atoms with Crippen LogP contribution < -0.4 is 0 Å². The van der Waals surface area contributed by atoms with E-state index in [1.807, 2.05) is 6.92 Å². The molecule has 0 radical (unpaired) electrons. The molecule has 0 unspecified atom stereocenters. The van der Waals surface area contributed by atoms with E-state index in [4.69, 9.17) is 5.11 Å². The maximum Gasteiger partial charge on any atom is 0.135 e. The summed E-state index contributed by atoms with van der Waals surface area (Å²) in [4.78, 5) is 4.19. The van der Waals surface area contributed by atoms with Crippen LogP contribution in [0.3, 0.4) is 0 Å². The quantitative estimate of drug-likeness (QED) is 0.790. The van der Waals surface area contributed by atoms with Crippen molar-refractivity contribution >= 4 is 11.0 Å². The summed E-state index contributed by atoms with van der Waals surface area (Å²) in [5, 5.41) is 9.04. The number of aliphatic hydroxyl groups excluding tert-OH is 1. The summed E-state index contributed by atoms with van der Waals surface area (Å²) in [6.45, 7) is 2.49. The van der Waals surface area contributed by atoms with E-state index in [0.29, 0.717) is 12.4 Å². The lowest BCUT2D eigenvalue weighted by Gasteiger charge is -2.02. The predicted octanol–water partition coefficient (Wildman–Crippen LogP) is 1.69. The van der Waals surface area contributed by atoms with Gasteiger partial charge < -0.3 is 9.67 Å². The van der Waals surface area contributed by atoms with E-state index in [9.17, 15) is 4.39 Å². The molecule has 3 nitrogen and oxygen atoms in total. The van der Waals surface area contributed by atoms with Crippen molar-refractivity contribution in [3.63, 3.8) is 0 Å². The molecule has 14 heavy (non-hydrogen) atoms. The van der Waals surface area contributed by atoms with Crippen LogP contribution in [0.2, 0.25) is 0 Å². The van der Waals surface area contributed by atoms with Gasteiger partial charge in [0.05, 0.1) is 11.0 Å². The molecule has 0 aliphatic carbocycles. The molecule has 2 rings (SSSR count). The Bertz CT molecular complexity index is 464. The van der Waals surface area contributed by atoms with Gasteiger partial charge in [0.1, 0.15) is 18.2 Å². The minimum Gasteiger partial charge on any atom is -0.388 e. The molecule has 4 heteroatoms. The van der Waals surface area contributed by atoms with Crippen LogP contribution in [-0.4, -0.2) is 14.7 Å². The molecule has 1 N–H and O–H groups in total. The first-order chi connectivity index (χ1) is 6.76. The Kier molecular flexibility index (Phi) is 2.21. The Morgan fingerprint density at radius 2 is 2.29 bits per heavy atom. The molecule has 0 aliphatic heterocycles. The second-order valence-corrected chi connectivity index (χ2v) is 3.06. The number of imidazole rings is 1. The second kappa shape index (κ2) is 3.38. The van der Waals surface area contributed by atoms with Crippen molar-refractivity contribution in [1.29, 1.82) is 0 Å². The number of rotatable bonds is 2. The van der Waals surface area contributed by atoms with Gasteiger partial charge in [0.2, 0.25) is 0 Å². The number of aryl methyl sites for hydroxylation is 1. The average Bonchev–Trinajstić information content (AvgIpc) is 2.54. The molecule has 0 fully saturated rings. The van der Waals surface area contributed by atoms with Crippen LogP contribution in [0.25, 0.3) is 11.0 Å². The van der Waals surface area contributed by atoms with E-state index in [2.05, 4.69) is 4.98 Å². The van der Waals surface area contributed by atoms with Crippen LogP contribution in [0.15, 0.2) is 18.2 Å². The van der Waals surface area contributed by atoms with Gasteiger partial charge in [0, 0.05) is 6.54 Å². The molecule has 0 saturated carbocycles. The van der Waals surface area contributed by atoms with Crippen molar-refractivity contribution in [3.8, 4) is 0 Å². The fourth-order valence-electron chi connectivity index (χ4n) is 1.62. The lowest BCUT2D eigenvalue weighted by molar-refractivity contribution is 0.266. The van der Waals surface area contributed by atoms with Crippen molar-refractivity contribution in [2.75, 3.05) is 0 Å². The molecule has 2 aromatic rings. The molecule has 0 spiro atoms. The Labute approximate surface area is 80.8 Å². The molecule has 0 bridgehead atoms. The molecule has 0 aliphatic rings. The summed E-state index contributed by atoms with van der Waals surface area (Å²) < 4.78 is 14.8. The van der Waals surface area contributed by atoms with E-state index in [-0.39, 0.29) is 12.4 Å². The molecule has 1 aromatic carbocycles. The summed E-state index contributed by atoms with van der Waals surface area (Å²) in [6.07, 6.45) is 0. The highest BCUT2D eigenvalue weighted by molar-refractivity contribution is 5.76. The minimum absolute atomic E-state index is 0.121. The number of aromatic nitrogens is 2. The van der Waals surface area contributed by atoms with Crippen molar-refractivity contribution in [3.05, 3.63) is 29.8 Å². The highest BCUT2D eigenvalue weighted by atomic mass is 19.1. The molecular weight excluding hydrogens is 183 g/mol. The third-order valence-electron chi connectivity index (χ3n) is 2.25. The maximum absolute atomic E-state index is 13.0. The molecular formula is C10H11FN2O. The van der Waals surface area contributed by atoms with E-state index < -0.39 is 0 Å². The van der Waals surface area contributed by atoms with E-state index in [0.717, 1.165) is 11.0 Å². The number of nitrogens with zero attached hydrogens (tertiary/aromatic N) is 2. The van der Waals surface area contributed by atoms with Gasteiger partial charge in [-0.1, -0.05) is 0 Å². The molecule has 0 saturated heterocycles. The van der Waals surface area contributed by atoms with Crippen molar-refractivity contribution in [2.24, 2.45) is 0 Å². The average molecular weight is 194 g/mol. The standard InChI is InChI=1S/C10H11FN2O/c1-2-13-9-5-7(11)3-4-8(9)12-10(13)6-14/h3-5,14H,2,6H2,1H3. The Hall–Kier alpha value is -1.42. The fourth-order valence-corrected chi connectivity index (χ4v) is 1.62. The first-order valence-electron chi connectivity index (χ1n) is 4.51. The monoisotopic (exact) mass is 194 g/mol. The minimum atomic E-state index is -0.281. The maximum atomic E-state index is 13.0. The normalized spacial score (nSPS) is 11.1. The van der Waals surface area contributed by atoms with Crippen LogP contribution >= 0.6 is 0 Å². The third-order valence-corrected chi connectivity index (χ3v) is 2.25. The van der Waals surface area contributed by atoms with E-state index in [1.165, 1.54) is 12.1 Å². The number of hydrogen-bond donors (Lipinski definition) is 1. The van der Waals surface area contributed by atoms with Crippen LogP contribution in [0.1, 0.15) is 12.7 Å². The number of benzene rings is 1. The van der Waals surface area contributed by atoms with Gasteiger partial charge in [-0.2, -0.15) is 0 Å². The van der Waals surface area contributed by atoms with Gasteiger partial charge in [-0.25, -0.2) is 9.37 Å². The zero-order valence-corrected chi connectivity index (χ0v) is 7.87. The number of hydrogen-bond acceptors (Lipinski definition) is 2. The first-order valence-corrected chi connectivity index (χ1v) is 4.51. The number of fused-ring (bicyclic) bond motifs is 1. The van der Waals surface area contributed by atoms with Gasteiger partial charge in [-0.05, 0) is 25.1 Å². The fraction of sp³-hybridized carbons (Fsp3) is 0.300. The van der Waals surface area contributed by atoms with Crippen LogP contribution in [-0.2, 0) is 13.2 Å². The molecule has 1 heterocycles. The van der Waals surface area contributed by atoms with Crippen LogP contribution in [0.5, 0.6) is 0 Å².